The molecule has 0 radical (unpaired) electrons. The average molecular weight is 356 g/mol. The SMILES string of the molecule is CC1CN(c2ccc(C#N)n3nccc23)CC(C(=O)NC(C)(C)CN)O1. The van der Waals surface area contributed by atoms with Gasteiger partial charge in [0.25, 0.3) is 5.91 Å². The molecule has 0 spiro atoms. The highest BCUT2D eigenvalue weighted by molar-refractivity contribution is 5.83. The van der Waals surface area contributed by atoms with Gasteiger partial charge in [0.05, 0.1) is 30.0 Å². The van der Waals surface area contributed by atoms with Crippen LogP contribution in [0.4, 0.5) is 5.69 Å². The third kappa shape index (κ3) is 3.49. The summed E-state index contributed by atoms with van der Waals surface area (Å²) in [5.74, 6) is -0.171. The van der Waals surface area contributed by atoms with E-state index < -0.39 is 11.6 Å². The lowest BCUT2D eigenvalue weighted by molar-refractivity contribution is -0.138. The predicted octanol–water partition coefficient (Wildman–Crippen LogP) is 0.653. The molecule has 8 heteroatoms. The van der Waals surface area contributed by atoms with Crippen LogP contribution < -0.4 is 16.0 Å². The van der Waals surface area contributed by atoms with Gasteiger partial charge in [-0.3, -0.25) is 4.79 Å². The zero-order chi connectivity index (χ0) is 18.9. The standard InChI is InChI=1S/C18H24N6O2/c1-12-9-23(10-16(26-12)17(25)22-18(2,3)11-20)14-5-4-13(8-19)24-15(14)6-7-21-24/h4-7,12,16H,9-11,20H2,1-3H3,(H,22,25). The zero-order valence-electron chi connectivity index (χ0n) is 15.3. The minimum atomic E-state index is -0.594. The van der Waals surface area contributed by atoms with Crippen molar-refractivity contribution in [3.8, 4) is 6.07 Å². The Bertz CT molecular complexity index is 853. The van der Waals surface area contributed by atoms with Gasteiger partial charge in [-0.05, 0) is 39.0 Å². The molecule has 3 heterocycles. The Hall–Kier alpha value is -2.63. The second-order valence-corrected chi connectivity index (χ2v) is 7.26. The van der Waals surface area contributed by atoms with Crippen molar-refractivity contribution in [3.05, 3.63) is 30.1 Å². The molecule has 3 rings (SSSR count). The van der Waals surface area contributed by atoms with Crippen molar-refractivity contribution in [1.29, 1.82) is 5.26 Å². The van der Waals surface area contributed by atoms with Gasteiger partial charge in [0.15, 0.2) is 6.10 Å². The van der Waals surface area contributed by atoms with Gasteiger partial charge < -0.3 is 20.7 Å². The number of hydrogen-bond donors (Lipinski definition) is 2. The van der Waals surface area contributed by atoms with Gasteiger partial charge in [-0.15, -0.1) is 0 Å². The van der Waals surface area contributed by atoms with E-state index >= 15 is 0 Å². The molecule has 26 heavy (non-hydrogen) atoms. The summed E-state index contributed by atoms with van der Waals surface area (Å²) in [6.07, 6.45) is 0.958. The predicted molar refractivity (Wildman–Crippen MR) is 97.7 cm³/mol. The van der Waals surface area contributed by atoms with E-state index in [1.807, 2.05) is 32.9 Å². The van der Waals surface area contributed by atoms with Gasteiger partial charge in [-0.2, -0.15) is 10.4 Å². The largest absolute Gasteiger partial charge is 0.364 e. The second-order valence-electron chi connectivity index (χ2n) is 7.26. The maximum absolute atomic E-state index is 12.6. The second kappa shape index (κ2) is 6.94. The fraction of sp³-hybridized carbons (Fsp3) is 0.500. The minimum absolute atomic E-state index is 0.112. The molecule has 1 saturated heterocycles. The summed E-state index contributed by atoms with van der Waals surface area (Å²) in [5, 5.41) is 16.4. The summed E-state index contributed by atoms with van der Waals surface area (Å²) < 4.78 is 7.47. The maximum Gasteiger partial charge on any atom is 0.251 e. The average Bonchev–Trinajstić information content (AvgIpc) is 3.09. The van der Waals surface area contributed by atoms with Crippen molar-refractivity contribution in [2.24, 2.45) is 5.73 Å². The zero-order valence-corrected chi connectivity index (χ0v) is 15.3. The lowest BCUT2D eigenvalue weighted by atomic mass is 10.1. The number of carbonyl (C=O) groups is 1. The van der Waals surface area contributed by atoms with Gasteiger partial charge >= 0.3 is 0 Å². The fourth-order valence-electron chi connectivity index (χ4n) is 3.11. The monoisotopic (exact) mass is 356 g/mol. The Kier molecular flexibility index (Phi) is 4.85. The molecule has 0 bridgehead atoms. The highest BCUT2D eigenvalue weighted by Gasteiger charge is 2.33. The van der Waals surface area contributed by atoms with Crippen molar-refractivity contribution >= 4 is 17.1 Å². The summed E-state index contributed by atoms with van der Waals surface area (Å²) in [4.78, 5) is 14.7. The number of hydrogen-bond acceptors (Lipinski definition) is 6. The quantitative estimate of drug-likeness (QED) is 0.833. The number of anilines is 1. The third-order valence-corrected chi connectivity index (χ3v) is 4.51. The topological polar surface area (TPSA) is 109 Å². The molecule has 2 unspecified atom stereocenters. The third-order valence-electron chi connectivity index (χ3n) is 4.51. The number of aromatic nitrogens is 2. The molecule has 138 valence electrons. The van der Waals surface area contributed by atoms with Crippen molar-refractivity contribution in [2.45, 2.75) is 38.5 Å². The number of morpholine rings is 1. The maximum atomic E-state index is 12.6. The molecule has 3 N–H and O–H groups in total. The summed E-state index contributed by atoms with van der Waals surface area (Å²) in [6, 6.07) is 7.63. The number of nitrogens with zero attached hydrogens (tertiary/aromatic N) is 4. The van der Waals surface area contributed by atoms with Crippen LogP contribution in [-0.2, 0) is 9.53 Å². The van der Waals surface area contributed by atoms with Gasteiger partial charge in [-0.25, -0.2) is 4.52 Å². The van der Waals surface area contributed by atoms with Gasteiger partial charge in [0.1, 0.15) is 11.8 Å². The molecule has 0 aromatic carbocycles. The molecule has 2 atom stereocenters. The number of nitrogens with two attached hydrogens (primary N) is 1. The number of carbonyl (C=O) groups excluding carboxylic acids is 1. The van der Waals surface area contributed by atoms with E-state index in [1.54, 1.807) is 16.8 Å². The molecule has 0 aliphatic carbocycles. The first kappa shape index (κ1) is 18.2. The molecule has 1 fully saturated rings. The molecule has 0 saturated carbocycles. The van der Waals surface area contributed by atoms with E-state index in [9.17, 15) is 10.1 Å². The smallest absolute Gasteiger partial charge is 0.251 e. The summed E-state index contributed by atoms with van der Waals surface area (Å²) >= 11 is 0. The van der Waals surface area contributed by atoms with E-state index in [2.05, 4.69) is 21.4 Å². The van der Waals surface area contributed by atoms with Crippen LogP contribution in [0.2, 0.25) is 0 Å². The first-order valence-electron chi connectivity index (χ1n) is 8.64. The molecular formula is C18H24N6O2. The number of fused-ring (bicyclic) bond motifs is 1. The van der Waals surface area contributed by atoms with Crippen LogP contribution in [0.3, 0.4) is 0 Å². The molecular weight excluding hydrogens is 332 g/mol. The van der Waals surface area contributed by atoms with Crippen LogP contribution in [-0.4, -0.2) is 52.9 Å². The van der Waals surface area contributed by atoms with Crippen LogP contribution in [0.15, 0.2) is 24.4 Å². The Balaban J connectivity index is 1.87. The van der Waals surface area contributed by atoms with Crippen molar-refractivity contribution in [3.63, 3.8) is 0 Å². The summed E-state index contributed by atoms with van der Waals surface area (Å²) in [6.45, 7) is 7.12. The molecule has 2 aromatic heterocycles. The van der Waals surface area contributed by atoms with Crippen LogP contribution in [0, 0.1) is 11.3 Å². The van der Waals surface area contributed by atoms with Gasteiger partial charge in [-0.1, -0.05) is 0 Å². The number of amides is 1. The normalized spacial score (nSPS) is 20.8. The first-order valence-corrected chi connectivity index (χ1v) is 8.64. The van der Waals surface area contributed by atoms with E-state index in [0.717, 1.165) is 11.2 Å². The van der Waals surface area contributed by atoms with E-state index in [1.165, 1.54) is 0 Å². The minimum Gasteiger partial charge on any atom is -0.364 e. The van der Waals surface area contributed by atoms with Crippen LogP contribution >= 0.6 is 0 Å². The Morgan fingerprint density at radius 1 is 1.46 bits per heavy atom. The number of ether oxygens (including phenoxy) is 1. The van der Waals surface area contributed by atoms with Crippen molar-refractivity contribution in [1.82, 2.24) is 14.9 Å². The number of rotatable bonds is 4. The Labute approximate surface area is 152 Å². The summed E-state index contributed by atoms with van der Waals surface area (Å²) in [7, 11) is 0. The van der Waals surface area contributed by atoms with Crippen molar-refractivity contribution in [2.75, 3.05) is 24.5 Å². The lowest BCUT2D eigenvalue weighted by Crippen LogP contribution is -2.58. The molecule has 1 aliphatic rings. The van der Waals surface area contributed by atoms with Crippen LogP contribution in [0.5, 0.6) is 0 Å². The fourth-order valence-corrected chi connectivity index (χ4v) is 3.11. The van der Waals surface area contributed by atoms with Crippen molar-refractivity contribution < 1.29 is 9.53 Å². The first-order chi connectivity index (χ1) is 12.3. The van der Waals surface area contributed by atoms with Gasteiger partial charge in [0, 0.05) is 18.6 Å². The Morgan fingerprint density at radius 3 is 2.92 bits per heavy atom. The highest BCUT2D eigenvalue weighted by Crippen LogP contribution is 2.26. The molecule has 2 aromatic rings. The molecule has 1 aliphatic heterocycles. The number of nitriles is 1. The lowest BCUT2D eigenvalue weighted by Gasteiger charge is -2.38. The highest BCUT2D eigenvalue weighted by atomic mass is 16.5. The molecule has 8 nitrogen and oxygen atoms in total. The van der Waals surface area contributed by atoms with Crippen LogP contribution in [0.25, 0.3) is 5.52 Å². The van der Waals surface area contributed by atoms with Crippen LogP contribution in [0.1, 0.15) is 26.5 Å². The van der Waals surface area contributed by atoms with E-state index in [4.69, 9.17) is 10.5 Å². The van der Waals surface area contributed by atoms with Gasteiger partial charge in [0.2, 0.25) is 0 Å². The summed E-state index contributed by atoms with van der Waals surface area (Å²) in [5.41, 5.74) is 7.44. The number of nitrogens with one attached hydrogen (secondary N) is 1. The van der Waals surface area contributed by atoms with E-state index in [-0.39, 0.29) is 12.0 Å². The number of pyridine rings is 1. The van der Waals surface area contributed by atoms with E-state index in [0.29, 0.717) is 25.3 Å². The molecule has 1 amide bonds. The Morgan fingerprint density at radius 2 is 2.23 bits per heavy atom.